The zero-order chi connectivity index (χ0) is 28.4. The monoisotopic (exact) mass is 519 g/mol. The number of anilines is 2. The Morgan fingerprint density at radius 3 is 2.27 bits per heavy atom. The first kappa shape index (κ1) is 33.9. The fourth-order valence-electron chi connectivity index (χ4n) is 3.43. The van der Waals surface area contributed by atoms with E-state index in [1.807, 2.05) is 52.8 Å². The quantitative estimate of drug-likeness (QED) is 0.254. The second-order valence-electron chi connectivity index (χ2n) is 8.92. The molecule has 0 aliphatic carbocycles. The summed E-state index contributed by atoms with van der Waals surface area (Å²) in [5.74, 6) is 0.917. The summed E-state index contributed by atoms with van der Waals surface area (Å²) in [4.78, 5) is 36.4. The molecule has 0 saturated heterocycles. The van der Waals surface area contributed by atoms with Gasteiger partial charge in [0.15, 0.2) is 0 Å². The van der Waals surface area contributed by atoms with Crippen LogP contribution in [-0.2, 0) is 20.7 Å². The smallest absolute Gasteiger partial charge is 0.408 e. The van der Waals surface area contributed by atoms with Gasteiger partial charge in [0, 0.05) is 25.2 Å². The molecule has 0 fully saturated rings. The van der Waals surface area contributed by atoms with E-state index in [1.54, 1.807) is 20.8 Å². The van der Waals surface area contributed by atoms with Crippen LogP contribution in [0.5, 0.6) is 0 Å². The van der Waals surface area contributed by atoms with Gasteiger partial charge in [0.05, 0.1) is 0 Å². The summed E-state index contributed by atoms with van der Waals surface area (Å²) in [7, 11) is 0. The molecule has 1 atom stereocenters. The van der Waals surface area contributed by atoms with Gasteiger partial charge >= 0.3 is 12.1 Å². The molecule has 0 aliphatic heterocycles. The lowest BCUT2D eigenvalue weighted by Crippen LogP contribution is -2.48. The Hall–Kier alpha value is -3.10. The molecule has 2 N–H and O–H groups in total. The Kier molecular flexibility index (Phi) is 16.7. The van der Waals surface area contributed by atoms with E-state index in [0.29, 0.717) is 12.2 Å². The Morgan fingerprint density at radius 1 is 1.11 bits per heavy atom. The summed E-state index contributed by atoms with van der Waals surface area (Å²) < 4.78 is 10.9. The van der Waals surface area contributed by atoms with Crippen LogP contribution in [0.15, 0.2) is 30.1 Å². The molecule has 1 rings (SSSR count). The first-order valence-electron chi connectivity index (χ1n) is 13.4. The number of alkyl carbamates (subject to hydrolysis) is 1. The van der Waals surface area contributed by atoms with Crippen LogP contribution in [0.2, 0.25) is 0 Å². The highest BCUT2D eigenvalue weighted by Crippen LogP contribution is 2.24. The van der Waals surface area contributed by atoms with Crippen molar-refractivity contribution in [1.29, 1.82) is 0 Å². The fourth-order valence-corrected chi connectivity index (χ4v) is 3.43. The molecular weight excluding hydrogens is 470 g/mol. The second-order valence-corrected chi connectivity index (χ2v) is 8.92. The topological polar surface area (TPSA) is 106 Å². The van der Waals surface area contributed by atoms with Crippen molar-refractivity contribution in [3.63, 3.8) is 0 Å². The molecule has 1 aromatic rings. The van der Waals surface area contributed by atoms with E-state index in [0.717, 1.165) is 36.5 Å². The van der Waals surface area contributed by atoms with Gasteiger partial charge in [-0.15, -0.1) is 0 Å². The lowest BCUT2D eigenvalue weighted by atomic mass is 10.1. The van der Waals surface area contributed by atoms with Gasteiger partial charge in [-0.05, 0) is 60.0 Å². The number of ether oxygens (including phenoxy) is 2. The highest BCUT2D eigenvalue weighted by atomic mass is 16.6. The summed E-state index contributed by atoms with van der Waals surface area (Å²) in [5.41, 5.74) is 1.13. The van der Waals surface area contributed by atoms with Crippen LogP contribution < -0.4 is 15.5 Å². The number of amides is 1. The third-order valence-corrected chi connectivity index (χ3v) is 5.01. The number of allylic oxidation sites excluding steroid dienone is 2. The molecule has 0 aliphatic rings. The highest BCUT2D eigenvalue weighted by Gasteiger charge is 2.28. The molecule has 0 bridgehead atoms. The van der Waals surface area contributed by atoms with Crippen molar-refractivity contribution in [3.8, 4) is 0 Å². The van der Waals surface area contributed by atoms with Crippen molar-refractivity contribution in [2.24, 2.45) is 0 Å². The van der Waals surface area contributed by atoms with Crippen molar-refractivity contribution < 1.29 is 19.1 Å². The van der Waals surface area contributed by atoms with Gasteiger partial charge < -0.3 is 25.0 Å². The van der Waals surface area contributed by atoms with Gasteiger partial charge in [-0.1, -0.05) is 45.9 Å². The third kappa shape index (κ3) is 12.6. The van der Waals surface area contributed by atoms with Gasteiger partial charge in [0.1, 0.15) is 36.2 Å². The van der Waals surface area contributed by atoms with Crippen LogP contribution in [0, 0.1) is 0 Å². The van der Waals surface area contributed by atoms with E-state index in [1.165, 1.54) is 6.33 Å². The average molecular weight is 520 g/mol. The zero-order valence-electron chi connectivity index (χ0n) is 24.6. The number of carbonyl (C=O) groups excluding carboxylic acids is 2. The van der Waals surface area contributed by atoms with E-state index >= 15 is 0 Å². The summed E-state index contributed by atoms with van der Waals surface area (Å²) >= 11 is 0. The number of rotatable bonds is 13. The lowest BCUT2D eigenvalue weighted by molar-refractivity contribution is -0.156. The number of nitrogens with zero attached hydrogens (tertiary/aromatic N) is 3. The molecule has 0 aromatic carbocycles. The molecule has 9 heteroatoms. The summed E-state index contributed by atoms with van der Waals surface area (Å²) in [6.07, 6.45) is 8.09. The average Bonchev–Trinajstić information content (AvgIpc) is 2.86. The maximum absolute atomic E-state index is 12.9. The van der Waals surface area contributed by atoms with E-state index < -0.39 is 23.7 Å². The molecule has 0 radical (unpaired) electrons. The summed E-state index contributed by atoms with van der Waals surface area (Å²) in [5, 5.41) is 5.86. The molecule has 1 amide bonds. The van der Waals surface area contributed by atoms with Gasteiger partial charge in [0.25, 0.3) is 0 Å². The van der Waals surface area contributed by atoms with Crippen LogP contribution in [0.1, 0.15) is 81.2 Å². The first-order valence-corrected chi connectivity index (χ1v) is 13.4. The Bertz CT molecular complexity index is 874. The molecule has 1 unspecified atom stereocenters. The van der Waals surface area contributed by atoms with Gasteiger partial charge in [-0.25, -0.2) is 19.6 Å². The van der Waals surface area contributed by atoms with Gasteiger partial charge in [-0.3, -0.25) is 0 Å². The molecule has 0 spiro atoms. The van der Waals surface area contributed by atoms with Crippen molar-refractivity contribution in [2.75, 3.05) is 36.5 Å². The normalized spacial score (nSPS) is 12.3. The third-order valence-electron chi connectivity index (χ3n) is 5.01. The number of hydrogen-bond donors (Lipinski definition) is 2. The van der Waals surface area contributed by atoms with Gasteiger partial charge in [0.2, 0.25) is 0 Å². The van der Waals surface area contributed by atoms with E-state index in [4.69, 9.17) is 9.47 Å². The highest BCUT2D eigenvalue weighted by molar-refractivity contribution is 5.82. The maximum atomic E-state index is 12.9. The SMILES string of the molecule is C/C=C\C(=C/CC)COC(=O)NC(CNc1ncnc(N(CC)CC)c1CC)C(=O)OC(C)(C)C.CC. The van der Waals surface area contributed by atoms with Crippen LogP contribution in [0.25, 0.3) is 0 Å². The molecule has 9 nitrogen and oxygen atoms in total. The summed E-state index contributed by atoms with van der Waals surface area (Å²) in [6, 6.07) is -0.973. The van der Waals surface area contributed by atoms with E-state index in [9.17, 15) is 9.59 Å². The van der Waals surface area contributed by atoms with Crippen LogP contribution in [-0.4, -0.2) is 59.9 Å². The summed E-state index contributed by atoms with van der Waals surface area (Å²) in [6.45, 7) is 21.3. The Morgan fingerprint density at radius 2 is 1.76 bits per heavy atom. The minimum absolute atomic E-state index is 0.0816. The fraction of sp³-hybridized carbons (Fsp3) is 0.643. The predicted octanol–water partition coefficient (Wildman–Crippen LogP) is 5.67. The molecule has 37 heavy (non-hydrogen) atoms. The standard InChI is InChI=1S/C26H43N5O4.C2H6/c1-9-14-19(15-10-2)17-34-25(33)30-21(24(32)35-26(6,7)8)16-27-22-20(11-3)23(29-18-28-22)31(12-4)13-5;1-2/h9,14-15,18,21H,10-13,16-17H2,1-8H3,(H,30,33)(H,27,28,29);1-2H3/b14-9-,19-15+;. The number of carbonyl (C=O) groups is 2. The zero-order valence-corrected chi connectivity index (χ0v) is 24.6. The predicted molar refractivity (Wildman–Crippen MR) is 152 cm³/mol. The molecule has 210 valence electrons. The van der Waals surface area contributed by atoms with E-state index in [-0.39, 0.29) is 13.2 Å². The number of nitrogens with one attached hydrogen (secondary N) is 2. The lowest BCUT2D eigenvalue weighted by Gasteiger charge is -2.26. The first-order chi connectivity index (χ1) is 17.6. The van der Waals surface area contributed by atoms with Crippen molar-refractivity contribution in [3.05, 3.63) is 35.7 Å². The van der Waals surface area contributed by atoms with Gasteiger partial charge in [-0.2, -0.15) is 0 Å². The molecular formula is C28H49N5O4. The maximum Gasteiger partial charge on any atom is 0.408 e. The Labute approximate surface area is 224 Å². The van der Waals surface area contributed by atoms with Crippen LogP contribution >= 0.6 is 0 Å². The molecule has 1 aromatic heterocycles. The second kappa shape index (κ2) is 18.2. The minimum atomic E-state index is -0.973. The number of aromatic nitrogens is 2. The van der Waals surface area contributed by atoms with Crippen LogP contribution in [0.4, 0.5) is 16.4 Å². The van der Waals surface area contributed by atoms with E-state index in [2.05, 4.69) is 39.3 Å². The van der Waals surface area contributed by atoms with Crippen LogP contribution in [0.3, 0.4) is 0 Å². The number of hydrogen-bond acceptors (Lipinski definition) is 8. The van der Waals surface area contributed by atoms with Crippen molar-refractivity contribution in [2.45, 2.75) is 93.7 Å². The minimum Gasteiger partial charge on any atom is -0.458 e. The Balaban J connectivity index is 0.00000631. The van der Waals surface area contributed by atoms with Crippen molar-refractivity contribution in [1.82, 2.24) is 15.3 Å². The molecule has 1 heterocycles. The largest absolute Gasteiger partial charge is 0.458 e. The molecule has 0 saturated carbocycles. The number of esters is 1. The van der Waals surface area contributed by atoms with Crippen molar-refractivity contribution >= 4 is 23.7 Å².